The zero-order valence-electron chi connectivity index (χ0n) is 13.7. The minimum absolute atomic E-state index is 0.175. The summed E-state index contributed by atoms with van der Waals surface area (Å²) in [6.07, 6.45) is 0.175. The van der Waals surface area contributed by atoms with Gasteiger partial charge >= 0.3 is 0 Å². The normalized spacial score (nSPS) is 21.2. The van der Waals surface area contributed by atoms with E-state index >= 15 is 0 Å². The molecule has 21 heavy (non-hydrogen) atoms. The smallest absolute Gasteiger partial charge is 0.122 e. The molecule has 4 nitrogen and oxygen atoms in total. The van der Waals surface area contributed by atoms with Crippen molar-refractivity contribution in [3.05, 3.63) is 29.3 Å². The zero-order chi connectivity index (χ0) is 15.2. The highest BCUT2D eigenvalue weighted by molar-refractivity contribution is 5.37. The average Bonchev–Trinajstić information content (AvgIpc) is 2.53. The summed E-state index contributed by atoms with van der Waals surface area (Å²) in [4.78, 5) is 2.40. The number of hydrogen-bond donors (Lipinski definition) is 1. The molecule has 0 saturated carbocycles. The highest BCUT2D eigenvalue weighted by Crippen LogP contribution is 2.23. The Bertz CT molecular complexity index is 450. The molecule has 2 rings (SSSR count). The number of nitrogens with one attached hydrogen (secondary N) is 1. The lowest BCUT2D eigenvalue weighted by Crippen LogP contribution is -2.44. The molecule has 4 heteroatoms. The van der Waals surface area contributed by atoms with Crippen LogP contribution in [0.2, 0.25) is 0 Å². The second kappa shape index (κ2) is 7.78. The van der Waals surface area contributed by atoms with Gasteiger partial charge in [-0.1, -0.05) is 19.1 Å². The Morgan fingerprint density at radius 2 is 2.29 bits per heavy atom. The maximum absolute atomic E-state index is 5.97. The van der Waals surface area contributed by atoms with Crippen molar-refractivity contribution in [1.82, 2.24) is 10.2 Å². The molecule has 1 N–H and O–H groups in total. The van der Waals surface area contributed by atoms with E-state index in [0.29, 0.717) is 12.6 Å². The number of likely N-dealkylation sites (N-methyl/N-ethyl adjacent to an activating group) is 1. The molecule has 0 aromatic heterocycles. The van der Waals surface area contributed by atoms with Gasteiger partial charge in [-0.05, 0) is 44.6 Å². The summed E-state index contributed by atoms with van der Waals surface area (Å²) in [6, 6.07) is 6.75. The molecular formula is C17H28N2O2. The van der Waals surface area contributed by atoms with Crippen LogP contribution in [0, 0.1) is 6.92 Å². The van der Waals surface area contributed by atoms with Crippen LogP contribution < -0.4 is 10.1 Å². The van der Waals surface area contributed by atoms with Gasteiger partial charge in [0.25, 0.3) is 0 Å². The third-order valence-electron chi connectivity index (χ3n) is 4.23. The van der Waals surface area contributed by atoms with Gasteiger partial charge in [-0.2, -0.15) is 0 Å². The zero-order valence-corrected chi connectivity index (χ0v) is 13.7. The summed E-state index contributed by atoms with van der Waals surface area (Å²) in [5, 5.41) is 3.26. The van der Waals surface area contributed by atoms with E-state index in [1.807, 2.05) is 7.05 Å². The molecule has 0 spiro atoms. The van der Waals surface area contributed by atoms with Crippen LogP contribution in [0.1, 0.15) is 31.0 Å². The van der Waals surface area contributed by atoms with Gasteiger partial charge in [-0.25, -0.2) is 0 Å². The van der Waals surface area contributed by atoms with Crippen LogP contribution in [0.15, 0.2) is 18.2 Å². The van der Waals surface area contributed by atoms with Crippen molar-refractivity contribution in [1.29, 1.82) is 0 Å². The van der Waals surface area contributed by atoms with Crippen LogP contribution in [0.3, 0.4) is 0 Å². The Morgan fingerprint density at radius 3 is 2.95 bits per heavy atom. The van der Waals surface area contributed by atoms with Gasteiger partial charge in [0.15, 0.2) is 0 Å². The van der Waals surface area contributed by atoms with Crippen LogP contribution in [0.4, 0.5) is 0 Å². The standard InChI is InChI=1S/C17H28N2O2/c1-5-19-8-9-20-16(11-19)12-21-17-7-6-15(10-13(17)2)14(3)18-4/h6-7,10,14,16,18H,5,8-9,11-12H2,1-4H3. The van der Waals surface area contributed by atoms with Crippen LogP contribution in [0.25, 0.3) is 0 Å². The summed E-state index contributed by atoms with van der Waals surface area (Å²) in [5.74, 6) is 0.958. The van der Waals surface area contributed by atoms with E-state index < -0.39 is 0 Å². The largest absolute Gasteiger partial charge is 0.491 e. The van der Waals surface area contributed by atoms with Crippen LogP contribution >= 0.6 is 0 Å². The molecule has 2 unspecified atom stereocenters. The van der Waals surface area contributed by atoms with Gasteiger partial charge in [0.2, 0.25) is 0 Å². The van der Waals surface area contributed by atoms with Crippen molar-refractivity contribution in [3.63, 3.8) is 0 Å². The predicted molar refractivity (Wildman–Crippen MR) is 86.0 cm³/mol. The van der Waals surface area contributed by atoms with Gasteiger partial charge in [0, 0.05) is 19.1 Å². The molecule has 0 radical (unpaired) electrons. The summed E-state index contributed by atoms with van der Waals surface area (Å²) >= 11 is 0. The summed E-state index contributed by atoms with van der Waals surface area (Å²) in [6.45, 7) is 10.9. The monoisotopic (exact) mass is 292 g/mol. The van der Waals surface area contributed by atoms with E-state index in [-0.39, 0.29) is 6.10 Å². The molecule has 0 bridgehead atoms. The Hall–Kier alpha value is -1.10. The molecule has 1 saturated heterocycles. The van der Waals surface area contributed by atoms with Crippen molar-refractivity contribution < 1.29 is 9.47 Å². The highest BCUT2D eigenvalue weighted by atomic mass is 16.5. The molecule has 0 amide bonds. The third-order valence-corrected chi connectivity index (χ3v) is 4.23. The molecule has 0 aliphatic carbocycles. The molecule has 2 atom stereocenters. The highest BCUT2D eigenvalue weighted by Gasteiger charge is 2.20. The number of hydrogen-bond acceptors (Lipinski definition) is 4. The lowest BCUT2D eigenvalue weighted by molar-refractivity contribution is -0.0464. The molecule has 1 fully saturated rings. The van der Waals surface area contributed by atoms with Crippen molar-refractivity contribution in [2.24, 2.45) is 0 Å². The number of nitrogens with zero attached hydrogens (tertiary/aromatic N) is 1. The number of aryl methyl sites for hydroxylation is 1. The van der Waals surface area contributed by atoms with Gasteiger partial charge in [0.1, 0.15) is 18.5 Å². The fraction of sp³-hybridized carbons (Fsp3) is 0.647. The molecule has 1 aliphatic heterocycles. The number of benzene rings is 1. The van der Waals surface area contributed by atoms with E-state index in [9.17, 15) is 0 Å². The Balaban J connectivity index is 1.91. The topological polar surface area (TPSA) is 33.7 Å². The fourth-order valence-electron chi connectivity index (χ4n) is 2.62. The Morgan fingerprint density at radius 1 is 1.48 bits per heavy atom. The second-order valence-electron chi connectivity index (χ2n) is 5.73. The first-order valence-electron chi connectivity index (χ1n) is 7.88. The van der Waals surface area contributed by atoms with Crippen molar-refractivity contribution in [2.75, 3.05) is 39.9 Å². The minimum atomic E-state index is 0.175. The van der Waals surface area contributed by atoms with Crippen molar-refractivity contribution in [2.45, 2.75) is 32.9 Å². The lowest BCUT2D eigenvalue weighted by atomic mass is 10.1. The molecule has 1 aliphatic rings. The Kier molecular flexibility index (Phi) is 6.03. The minimum Gasteiger partial charge on any atom is -0.491 e. The number of ether oxygens (including phenoxy) is 2. The summed E-state index contributed by atoms with van der Waals surface area (Å²) in [7, 11) is 1.98. The summed E-state index contributed by atoms with van der Waals surface area (Å²) in [5.41, 5.74) is 2.46. The molecule has 1 aromatic carbocycles. The summed E-state index contributed by atoms with van der Waals surface area (Å²) < 4.78 is 11.7. The Labute approximate surface area is 128 Å². The average molecular weight is 292 g/mol. The van der Waals surface area contributed by atoms with E-state index in [1.165, 1.54) is 11.1 Å². The van der Waals surface area contributed by atoms with E-state index in [1.54, 1.807) is 0 Å². The molecule has 1 heterocycles. The number of rotatable bonds is 6. The maximum atomic E-state index is 5.97. The van der Waals surface area contributed by atoms with Crippen LogP contribution in [0.5, 0.6) is 5.75 Å². The van der Waals surface area contributed by atoms with Gasteiger partial charge in [-0.15, -0.1) is 0 Å². The van der Waals surface area contributed by atoms with E-state index in [0.717, 1.165) is 32.0 Å². The predicted octanol–water partition coefficient (Wildman–Crippen LogP) is 2.37. The van der Waals surface area contributed by atoms with Gasteiger partial charge < -0.3 is 14.8 Å². The van der Waals surface area contributed by atoms with Crippen molar-refractivity contribution >= 4 is 0 Å². The first kappa shape index (κ1) is 16.3. The SMILES string of the molecule is CCN1CCOC(COc2ccc(C(C)NC)cc2C)C1. The second-order valence-corrected chi connectivity index (χ2v) is 5.73. The fourth-order valence-corrected chi connectivity index (χ4v) is 2.62. The molecule has 1 aromatic rings. The van der Waals surface area contributed by atoms with Crippen LogP contribution in [-0.2, 0) is 4.74 Å². The van der Waals surface area contributed by atoms with Crippen LogP contribution in [-0.4, -0.2) is 50.9 Å². The maximum Gasteiger partial charge on any atom is 0.122 e. The molecule has 118 valence electrons. The first-order valence-corrected chi connectivity index (χ1v) is 7.88. The number of morpholine rings is 1. The van der Waals surface area contributed by atoms with E-state index in [4.69, 9.17) is 9.47 Å². The van der Waals surface area contributed by atoms with Gasteiger partial charge in [0.05, 0.1) is 6.61 Å². The van der Waals surface area contributed by atoms with Crippen molar-refractivity contribution in [3.8, 4) is 5.75 Å². The third kappa shape index (κ3) is 4.43. The lowest BCUT2D eigenvalue weighted by Gasteiger charge is -2.32. The quantitative estimate of drug-likeness (QED) is 0.873. The van der Waals surface area contributed by atoms with Gasteiger partial charge in [-0.3, -0.25) is 4.90 Å². The first-order chi connectivity index (χ1) is 10.1. The van der Waals surface area contributed by atoms with E-state index in [2.05, 4.69) is 49.2 Å². The molecular weight excluding hydrogens is 264 g/mol.